The second-order valence-electron chi connectivity index (χ2n) is 4.24. The number of aromatic nitrogens is 2. The van der Waals surface area contributed by atoms with Gasteiger partial charge in [-0.05, 0) is 0 Å². The molecule has 0 radical (unpaired) electrons. The quantitative estimate of drug-likeness (QED) is 0.735. The lowest BCUT2D eigenvalue weighted by molar-refractivity contribution is 0.254. The zero-order valence-electron chi connectivity index (χ0n) is 9.46. The molecule has 15 heavy (non-hydrogen) atoms. The molecule has 1 aromatic heterocycles. The van der Waals surface area contributed by atoms with Gasteiger partial charge in [-0.2, -0.15) is 0 Å². The van der Waals surface area contributed by atoms with Crippen molar-refractivity contribution in [2.45, 2.75) is 26.2 Å². The molecule has 1 aromatic rings. The van der Waals surface area contributed by atoms with Gasteiger partial charge in [0, 0.05) is 18.7 Å². The van der Waals surface area contributed by atoms with E-state index in [2.05, 4.69) is 20.6 Å². The number of nitrogens with one attached hydrogen (secondary N) is 2. The van der Waals surface area contributed by atoms with Crippen LogP contribution in [0.1, 0.15) is 26.5 Å². The lowest BCUT2D eigenvalue weighted by Gasteiger charge is -2.17. The van der Waals surface area contributed by atoms with Crippen molar-refractivity contribution in [3.63, 3.8) is 0 Å². The molecule has 0 aliphatic carbocycles. The second kappa shape index (κ2) is 4.25. The van der Waals surface area contributed by atoms with Crippen LogP contribution in [0, 0.1) is 0 Å². The smallest absolute Gasteiger partial charge is 0.320 e. The molecule has 0 saturated carbocycles. The van der Waals surface area contributed by atoms with Crippen LogP contribution in [-0.4, -0.2) is 23.0 Å². The fourth-order valence-electron chi connectivity index (χ4n) is 0.966. The summed E-state index contributed by atoms with van der Waals surface area (Å²) < 4.78 is 0. The number of anilines is 1. The molecule has 0 spiro atoms. The van der Waals surface area contributed by atoms with Gasteiger partial charge in [0.05, 0.1) is 11.9 Å². The van der Waals surface area contributed by atoms with Crippen LogP contribution in [0.4, 0.5) is 10.6 Å². The number of nitrogens with zero attached hydrogens (tertiary/aromatic N) is 2. The number of amides is 2. The molecule has 5 heteroatoms. The van der Waals surface area contributed by atoms with Crippen molar-refractivity contribution in [3.8, 4) is 0 Å². The van der Waals surface area contributed by atoms with E-state index < -0.39 is 0 Å². The Morgan fingerprint density at radius 1 is 1.33 bits per heavy atom. The van der Waals surface area contributed by atoms with E-state index in [1.165, 1.54) is 6.20 Å². The maximum atomic E-state index is 11.1. The number of urea groups is 1. The average molecular weight is 208 g/mol. The highest BCUT2D eigenvalue weighted by Gasteiger charge is 2.16. The highest BCUT2D eigenvalue weighted by Crippen LogP contribution is 2.19. The minimum atomic E-state index is -0.296. The van der Waals surface area contributed by atoms with E-state index in [-0.39, 0.29) is 11.4 Å². The predicted octanol–water partition coefficient (Wildman–Crippen LogP) is 1.53. The molecule has 2 N–H and O–H groups in total. The van der Waals surface area contributed by atoms with Crippen LogP contribution < -0.4 is 10.6 Å². The number of carbonyl (C=O) groups is 1. The van der Waals surface area contributed by atoms with E-state index >= 15 is 0 Å². The third-order valence-corrected chi connectivity index (χ3v) is 1.87. The Kier molecular flexibility index (Phi) is 3.24. The Morgan fingerprint density at radius 3 is 2.53 bits per heavy atom. The number of rotatable bonds is 1. The van der Waals surface area contributed by atoms with Gasteiger partial charge in [0.2, 0.25) is 0 Å². The van der Waals surface area contributed by atoms with Crippen molar-refractivity contribution in [3.05, 3.63) is 18.1 Å². The molecule has 0 unspecified atom stereocenters. The Morgan fingerprint density at radius 2 is 2.00 bits per heavy atom. The number of hydrogen-bond donors (Lipinski definition) is 2. The molecule has 5 nitrogen and oxygen atoms in total. The third-order valence-electron chi connectivity index (χ3n) is 1.87. The molecule has 2 amide bonds. The molecule has 1 rings (SSSR count). The van der Waals surface area contributed by atoms with E-state index in [0.29, 0.717) is 5.82 Å². The van der Waals surface area contributed by atoms with Crippen molar-refractivity contribution in [2.24, 2.45) is 0 Å². The second-order valence-corrected chi connectivity index (χ2v) is 4.24. The van der Waals surface area contributed by atoms with Crippen LogP contribution in [0.3, 0.4) is 0 Å². The summed E-state index contributed by atoms with van der Waals surface area (Å²) in [6.45, 7) is 6.13. The maximum absolute atomic E-state index is 11.1. The van der Waals surface area contributed by atoms with Crippen molar-refractivity contribution < 1.29 is 4.79 Å². The van der Waals surface area contributed by atoms with Gasteiger partial charge < -0.3 is 5.32 Å². The van der Waals surface area contributed by atoms with Gasteiger partial charge in [0.15, 0.2) is 5.82 Å². The minimum absolute atomic E-state index is 0.0760. The summed E-state index contributed by atoms with van der Waals surface area (Å²) in [6, 6.07) is -0.296. The molecular formula is C10H16N4O. The molecule has 0 aromatic carbocycles. The molecule has 0 bridgehead atoms. The molecule has 0 atom stereocenters. The summed E-state index contributed by atoms with van der Waals surface area (Å²) in [5.74, 6) is 0.460. The first-order chi connectivity index (χ1) is 6.93. The first-order valence-corrected chi connectivity index (χ1v) is 4.75. The summed E-state index contributed by atoms with van der Waals surface area (Å²) in [5.41, 5.74) is 0.768. The molecule has 0 aliphatic heterocycles. The van der Waals surface area contributed by atoms with Crippen LogP contribution >= 0.6 is 0 Å². The molecule has 0 saturated heterocycles. The average Bonchev–Trinajstić information content (AvgIpc) is 2.17. The van der Waals surface area contributed by atoms with Crippen LogP contribution in [0.15, 0.2) is 12.4 Å². The zero-order chi connectivity index (χ0) is 11.5. The van der Waals surface area contributed by atoms with Gasteiger partial charge in [-0.3, -0.25) is 10.3 Å². The van der Waals surface area contributed by atoms with E-state index in [4.69, 9.17) is 0 Å². The number of hydrogen-bond acceptors (Lipinski definition) is 3. The summed E-state index contributed by atoms with van der Waals surface area (Å²) >= 11 is 0. The van der Waals surface area contributed by atoms with Crippen LogP contribution in [0.5, 0.6) is 0 Å². The summed E-state index contributed by atoms with van der Waals surface area (Å²) in [5, 5.41) is 5.03. The van der Waals surface area contributed by atoms with E-state index in [1.54, 1.807) is 13.2 Å². The first-order valence-electron chi connectivity index (χ1n) is 4.75. The minimum Gasteiger partial charge on any atom is -0.341 e. The molecule has 0 fully saturated rings. The van der Waals surface area contributed by atoms with E-state index in [0.717, 1.165) is 5.69 Å². The third kappa shape index (κ3) is 3.19. The topological polar surface area (TPSA) is 66.9 Å². The summed E-state index contributed by atoms with van der Waals surface area (Å²) in [4.78, 5) is 19.4. The Labute approximate surface area is 89.3 Å². The number of carbonyl (C=O) groups excluding carboxylic acids is 1. The Balaban J connectivity index is 2.88. The van der Waals surface area contributed by atoms with Crippen LogP contribution in [0.2, 0.25) is 0 Å². The van der Waals surface area contributed by atoms with Crippen molar-refractivity contribution in [1.29, 1.82) is 0 Å². The van der Waals surface area contributed by atoms with Crippen molar-refractivity contribution in [2.75, 3.05) is 12.4 Å². The summed E-state index contributed by atoms with van der Waals surface area (Å²) in [7, 11) is 1.55. The summed E-state index contributed by atoms with van der Waals surface area (Å²) in [6.07, 6.45) is 3.22. The maximum Gasteiger partial charge on any atom is 0.320 e. The van der Waals surface area contributed by atoms with Gasteiger partial charge in [-0.1, -0.05) is 20.8 Å². The molecule has 82 valence electrons. The fourth-order valence-corrected chi connectivity index (χ4v) is 0.966. The zero-order valence-corrected chi connectivity index (χ0v) is 9.46. The first kappa shape index (κ1) is 11.4. The van der Waals surface area contributed by atoms with Gasteiger partial charge in [0.1, 0.15) is 0 Å². The van der Waals surface area contributed by atoms with E-state index in [9.17, 15) is 4.79 Å². The van der Waals surface area contributed by atoms with E-state index in [1.807, 2.05) is 20.8 Å². The Bertz CT molecular complexity index is 357. The van der Waals surface area contributed by atoms with Crippen molar-refractivity contribution >= 4 is 11.8 Å². The SMILES string of the molecule is CNC(=O)Nc1cncc(C(C)(C)C)n1. The molecule has 1 heterocycles. The van der Waals surface area contributed by atoms with Crippen LogP contribution in [-0.2, 0) is 5.41 Å². The lowest BCUT2D eigenvalue weighted by Crippen LogP contribution is -2.25. The van der Waals surface area contributed by atoms with Gasteiger partial charge in [-0.25, -0.2) is 9.78 Å². The highest BCUT2D eigenvalue weighted by atomic mass is 16.2. The molecular weight excluding hydrogens is 192 g/mol. The van der Waals surface area contributed by atoms with Gasteiger partial charge in [-0.15, -0.1) is 0 Å². The lowest BCUT2D eigenvalue weighted by atomic mass is 9.93. The fraction of sp³-hybridized carbons (Fsp3) is 0.500. The van der Waals surface area contributed by atoms with Gasteiger partial charge in [0.25, 0.3) is 0 Å². The van der Waals surface area contributed by atoms with Gasteiger partial charge >= 0.3 is 6.03 Å². The monoisotopic (exact) mass is 208 g/mol. The predicted molar refractivity (Wildman–Crippen MR) is 58.8 cm³/mol. The molecule has 0 aliphatic rings. The van der Waals surface area contributed by atoms with Crippen molar-refractivity contribution in [1.82, 2.24) is 15.3 Å². The van der Waals surface area contributed by atoms with Crippen LogP contribution in [0.25, 0.3) is 0 Å². The highest BCUT2D eigenvalue weighted by molar-refractivity contribution is 5.87. The largest absolute Gasteiger partial charge is 0.341 e. The Hall–Kier alpha value is -1.65. The standard InChI is InChI=1S/C10H16N4O/c1-10(2,3)7-5-12-6-8(13-7)14-9(15)11-4/h5-6H,1-4H3,(H2,11,13,14,15). The normalized spacial score (nSPS) is 10.9.